The summed E-state index contributed by atoms with van der Waals surface area (Å²) in [7, 11) is 0. The molecule has 2 rings (SSSR count). The summed E-state index contributed by atoms with van der Waals surface area (Å²) in [5.74, 6) is -1.33. The minimum absolute atomic E-state index is 0.00771. The molecule has 1 aromatic carbocycles. The average molecular weight is 233 g/mol. The topological polar surface area (TPSA) is 57.6 Å². The fourth-order valence-corrected chi connectivity index (χ4v) is 2.28. The van der Waals surface area contributed by atoms with Crippen LogP contribution in [0.5, 0.6) is 0 Å². The zero-order valence-corrected chi connectivity index (χ0v) is 9.67. The number of nitrogens with zero attached hydrogens (tertiary/aromatic N) is 1. The summed E-state index contributed by atoms with van der Waals surface area (Å²) in [6.45, 7) is 2.42. The molecule has 90 valence electrons. The van der Waals surface area contributed by atoms with Gasteiger partial charge in [0, 0.05) is 12.5 Å². The van der Waals surface area contributed by atoms with Gasteiger partial charge >= 0.3 is 5.97 Å². The highest BCUT2D eigenvalue weighted by Gasteiger charge is 2.42. The van der Waals surface area contributed by atoms with Crippen LogP contribution in [0.2, 0.25) is 0 Å². The van der Waals surface area contributed by atoms with Gasteiger partial charge in [-0.05, 0) is 5.56 Å². The Morgan fingerprint density at radius 2 is 2.06 bits per heavy atom. The van der Waals surface area contributed by atoms with Crippen molar-refractivity contribution in [2.24, 2.45) is 5.92 Å². The molecule has 1 saturated heterocycles. The number of carbonyl (C=O) groups excluding carboxylic acids is 1. The first-order chi connectivity index (χ1) is 8.09. The van der Waals surface area contributed by atoms with Crippen LogP contribution < -0.4 is 0 Å². The van der Waals surface area contributed by atoms with Crippen molar-refractivity contribution in [3.05, 3.63) is 35.9 Å². The van der Waals surface area contributed by atoms with Gasteiger partial charge in [0.15, 0.2) is 5.78 Å². The third-order valence-corrected chi connectivity index (χ3v) is 3.22. The molecule has 0 aliphatic carbocycles. The van der Waals surface area contributed by atoms with E-state index in [0.29, 0.717) is 6.54 Å². The highest BCUT2D eigenvalue weighted by atomic mass is 16.4. The second-order valence-electron chi connectivity index (χ2n) is 4.43. The summed E-state index contributed by atoms with van der Waals surface area (Å²) in [6, 6.07) is 8.91. The first-order valence-electron chi connectivity index (χ1n) is 5.63. The quantitative estimate of drug-likeness (QED) is 0.851. The normalized spacial score (nSPS) is 25.1. The Hall–Kier alpha value is -1.68. The van der Waals surface area contributed by atoms with E-state index in [9.17, 15) is 9.59 Å². The van der Waals surface area contributed by atoms with E-state index in [4.69, 9.17) is 5.11 Å². The van der Waals surface area contributed by atoms with Crippen molar-refractivity contribution >= 4 is 11.8 Å². The van der Waals surface area contributed by atoms with Crippen molar-refractivity contribution in [2.75, 3.05) is 6.54 Å². The van der Waals surface area contributed by atoms with Crippen molar-refractivity contribution in [3.63, 3.8) is 0 Å². The Morgan fingerprint density at radius 1 is 1.41 bits per heavy atom. The van der Waals surface area contributed by atoms with Crippen molar-refractivity contribution in [2.45, 2.75) is 19.5 Å². The van der Waals surface area contributed by atoms with Gasteiger partial charge in [-0.25, -0.2) is 0 Å². The summed E-state index contributed by atoms with van der Waals surface area (Å²) < 4.78 is 0. The maximum Gasteiger partial charge on any atom is 0.321 e. The molecule has 0 aromatic heterocycles. The zero-order chi connectivity index (χ0) is 12.4. The predicted octanol–water partition coefficient (Wildman–Crippen LogP) is 1.16. The SMILES string of the molecule is CC1C(=O)CN(Cc2ccccc2)C1C(=O)O. The van der Waals surface area contributed by atoms with Crippen molar-refractivity contribution in [1.82, 2.24) is 4.90 Å². The third-order valence-electron chi connectivity index (χ3n) is 3.22. The van der Waals surface area contributed by atoms with Crippen LogP contribution in [0.15, 0.2) is 30.3 Å². The molecule has 1 aliphatic rings. The maximum absolute atomic E-state index is 11.6. The molecule has 0 saturated carbocycles. The van der Waals surface area contributed by atoms with Crippen LogP contribution in [0, 0.1) is 5.92 Å². The summed E-state index contributed by atoms with van der Waals surface area (Å²) >= 11 is 0. The number of hydrogen-bond acceptors (Lipinski definition) is 3. The number of carbonyl (C=O) groups is 2. The number of aliphatic carboxylic acids is 1. The van der Waals surface area contributed by atoms with Crippen molar-refractivity contribution in [1.29, 1.82) is 0 Å². The molecule has 2 unspecified atom stereocenters. The van der Waals surface area contributed by atoms with Gasteiger partial charge in [-0.1, -0.05) is 37.3 Å². The lowest BCUT2D eigenvalue weighted by molar-refractivity contribution is -0.144. The van der Waals surface area contributed by atoms with E-state index in [0.717, 1.165) is 5.56 Å². The lowest BCUT2D eigenvalue weighted by Gasteiger charge is -2.21. The Morgan fingerprint density at radius 3 is 2.65 bits per heavy atom. The standard InChI is InChI=1S/C13H15NO3/c1-9-11(15)8-14(12(9)13(16)17)7-10-5-3-2-4-6-10/h2-6,9,12H,7-8H2,1H3,(H,16,17). The van der Waals surface area contributed by atoms with Crippen LogP contribution in [0.25, 0.3) is 0 Å². The second-order valence-corrected chi connectivity index (χ2v) is 4.43. The van der Waals surface area contributed by atoms with Crippen molar-refractivity contribution < 1.29 is 14.7 Å². The largest absolute Gasteiger partial charge is 0.480 e. The first kappa shape index (κ1) is 11.8. The minimum atomic E-state index is -0.917. The summed E-state index contributed by atoms with van der Waals surface area (Å²) in [5.41, 5.74) is 1.03. The number of ketones is 1. The van der Waals surface area contributed by atoms with Crippen LogP contribution >= 0.6 is 0 Å². The van der Waals surface area contributed by atoms with Gasteiger partial charge in [0.1, 0.15) is 6.04 Å². The Labute approximate surface area is 99.9 Å². The molecule has 17 heavy (non-hydrogen) atoms. The molecule has 4 heteroatoms. The highest BCUT2D eigenvalue weighted by molar-refractivity contribution is 5.92. The number of benzene rings is 1. The molecular weight excluding hydrogens is 218 g/mol. The van der Waals surface area contributed by atoms with Crippen LogP contribution in [-0.4, -0.2) is 34.3 Å². The molecule has 4 nitrogen and oxygen atoms in total. The Kier molecular flexibility index (Phi) is 3.24. The molecule has 0 amide bonds. The molecule has 1 aliphatic heterocycles. The average Bonchev–Trinajstić information content (AvgIpc) is 2.56. The molecule has 1 N–H and O–H groups in total. The van der Waals surface area contributed by atoms with Gasteiger partial charge in [-0.3, -0.25) is 14.5 Å². The summed E-state index contributed by atoms with van der Waals surface area (Å²) in [4.78, 5) is 24.5. The van der Waals surface area contributed by atoms with E-state index in [1.807, 2.05) is 30.3 Å². The van der Waals surface area contributed by atoms with E-state index in [2.05, 4.69) is 0 Å². The lowest BCUT2D eigenvalue weighted by atomic mass is 10.0. The van der Waals surface area contributed by atoms with E-state index in [1.54, 1.807) is 11.8 Å². The van der Waals surface area contributed by atoms with Crippen LogP contribution in [0.3, 0.4) is 0 Å². The molecule has 0 radical (unpaired) electrons. The van der Waals surface area contributed by atoms with Crippen molar-refractivity contribution in [3.8, 4) is 0 Å². The maximum atomic E-state index is 11.6. The number of carboxylic acid groups (broad SMARTS) is 1. The predicted molar refractivity (Wildman–Crippen MR) is 62.4 cm³/mol. The number of Topliss-reactive ketones (excluding diaryl/α,β-unsaturated/α-hetero) is 1. The second kappa shape index (κ2) is 4.67. The van der Waals surface area contributed by atoms with Gasteiger partial charge in [-0.15, -0.1) is 0 Å². The Balaban J connectivity index is 2.15. The Bertz CT molecular complexity index is 430. The number of likely N-dealkylation sites (tertiary alicyclic amines) is 1. The van der Waals surface area contributed by atoms with E-state index in [1.165, 1.54) is 0 Å². The number of carboxylic acids is 1. The van der Waals surface area contributed by atoms with E-state index < -0.39 is 17.9 Å². The molecule has 1 aromatic rings. The van der Waals surface area contributed by atoms with Gasteiger partial charge in [-0.2, -0.15) is 0 Å². The highest BCUT2D eigenvalue weighted by Crippen LogP contribution is 2.23. The van der Waals surface area contributed by atoms with Gasteiger partial charge in [0.2, 0.25) is 0 Å². The molecule has 2 atom stereocenters. The van der Waals surface area contributed by atoms with Gasteiger partial charge in [0.05, 0.1) is 6.54 Å². The zero-order valence-electron chi connectivity index (χ0n) is 9.67. The molecule has 1 fully saturated rings. The number of hydrogen-bond donors (Lipinski definition) is 1. The molecule has 0 spiro atoms. The fraction of sp³-hybridized carbons (Fsp3) is 0.385. The summed E-state index contributed by atoms with van der Waals surface area (Å²) in [5, 5.41) is 9.16. The minimum Gasteiger partial charge on any atom is -0.480 e. The van der Waals surface area contributed by atoms with E-state index in [-0.39, 0.29) is 12.3 Å². The van der Waals surface area contributed by atoms with Crippen LogP contribution in [-0.2, 0) is 16.1 Å². The van der Waals surface area contributed by atoms with E-state index >= 15 is 0 Å². The number of rotatable bonds is 3. The van der Waals surface area contributed by atoms with Gasteiger partial charge in [0.25, 0.3) is 0 Å². The summed E-state index contributed by atoms with van der Waals surface area (Å²) in [6.07, 6.45) is 0. The monoisotopic (exact) mass is 233 g/mol. The fourth-order valence-electron chi connectivity index (χ4n) is 2.28. The van der Waals surface area contributed by atoms with Crippen LogP contribution in [0.1, 0.15) is 12.5 Å². The third kappa shape index (κ3) is 2.36. The molecule has 1 heterocycles. The van der Waals surface area contributed by atoms with Gasteiger partial charge < -0.3 is 5.11 Å². The molecular formula is C13H15NO3. The molecule has 0 bridgehead atoms. The van der Waals surface area contributed by atoms with Crippen LogP contribution in [0.4, 0.5) is 0 Å². The smallest absolute Gasteiger partial charge is 0.321 e. The first-order valence-corrected chi connectivity index (χ1v) is 5.63. The lowest BCUT2D eigenvalue weighted by Crippen LogP contribution is -2.38.